The van der Waals surface area contributed by atoms with Crippen LogP contribution in [-0.2, 0) is 9.53 Å². The van der Waals surface area contributed by atoms with Crippen molar-refractivity contribution >= 4 is 5.97 Å². The van der Waals surface area contributed by atoms with Gasteiger partial charge in [0.15, 0.2) is 0 Å². The average Bonchev–Trinajstić information content (AvgIpc) is 2.52. The van der Waals surface area contributed by atoms with Crippen LogP contribution in [0.2, 0.25) is 0 Å². The Labute approximate surface area is 166 Å². The van der Waals surface area contributed by atoms with Crippen LogP contribution in [0.1, 0.15) is 73.6 Å². The second-order valence-electron chi connectivity index (χ2n) is 10.6. The van der Waals surface area contributed by atoms with Crippen molar-refractivity contribution in [3.05, 3.63) is 12.2 Å². The number of nitrogens with zero attached hydrogens (tertiary/aromatic N) is 1. The van der Waals surface area contributed by atoms with Crippen molar-refractivity contribution in [3.8, 4) is 0 Å². The standard InChI is InChI=1S/C23H41NO3/c1-10-22(27-20(25)19(24(8)9)21(5,6)7)12-11-17-13-18(22)16(4)23(26,14-17)15(2)3/h15,17-19,26H,4,10-14H2,1-3,5-9H3. The maximum Gasteiger partial charge on any atom is 0.324 e. The fourth-order valence-electron chi connectivity index (χ4n) is 5.63. The molecule has 2 saturated carbocycles. The second-order valence-corrected chi connectivity index (χ2v) is 10.6. The van der Waals surface area contributed by atoms with E-state index in [9.17, 15) is 9.90 Å². The smallest absolute Gasteiger partial charge is 0.324 e. The Kier molecular flexibility index (Phi) is 6.24. The first kappa shape index (κ1) is 22.4. The van der Waals surface area contributed by atoms with Crippen molar-refractivity contribution < 1.29 is 14.6 Å². The third kappa shape index (κ3) is 3.98. The summed E-state index contributed by atoms with van der Waals surface area (Å²) in [4.78, 5) is 15.2. The van der Waals surface area contributed by atoms with E-state index in [1.165, 1.54) is 0 Å². The Bertz CT molecular complexity index is 577. The van der Waals surface area contributed by atoms with Crippen molar-refractivity contribution in [1.82, 2.24) is 4.90 Å². The molecule has 4 nitrogen and oxygen atoms in total. The molecule has 0 aromatic heterocycles. The molecule has 2 bridgehead atoms. The van der Waals surface area contributed by atoms with Gasteiger partial charge in [0.2, 0.25) is 0 Å². The lowest BCUT2D eigenvalue weighted by Crippen LogP contribution is -2.58. The van der Waals surface area contributed by atoms with Gasteiger partial charge in [-0.3, -0.25) is 9.69 Å². The van der Waals surface area contributed by atoms with Gasteiger partial charge in [-0.15, -0.1) is 0 Å². The summed E-state index contributed by atoms with van der Waals surface area (Å²) in [6, 6.07) is -0.306. The fraction of sp³-hybridized carbons (Fsp3) is 0.870. The number of aliphatic hydroxyl groups is 1. The van der Waals surface area contributed by atoms with Gasteiger partial charge in [0.25, 0.3) is 0 Å². The van der Waals surface area contributed by atoms with Gasteiger partial charge in [-0.25, -0.2) is 0 Å². The average molecular weight is 380 g/mol. The van der Waals surface area contributed by atoms with Gasteiger partial charge < -0.3 is 9.84 Å². The highest BCUT2D eigenvalue weighted by atomic mass is 16.6. The number of rotatable bonds is 5. The van der Waals surface area contributed by atoms with Gasteiger partial charge in [0, 0.05) is 5.92 Å². The molecule has 2 fully saturated rings. The summed E-state index contributed by atoms with van der Waals surface area (Å²) in [6.45, 7) is 16.8. The molecule has 0 spiro atoms. The topological polar surface area (TPSA) is 49.8 Å². The molecule has 27 heavy (non-hydrogen) atoms. The number of fused-ring (bicyclic) bond motifs is 2. The number of carbonyl (C=O) groups excluding carboxylic acids is 1. The summed E-state index contributed by atoms with van der Waals surface area (Å²) in [5.74, 6) is 0.481. The Balaban J connectivity index is 2.36. The van der Waals surface area contributed by atoms with E-state index in [0.29, 0.717) is 5.92 Å². The zero-order chi connectivity index (χ0) is 20.8. The molecule has 4 heteroatoms. The molecule has 0 aromatic carbocycles. The third-order valence-corrected chi connectivity index (χ3v) is 7.17. The van der Waals surface area contributed by atoms with E-state index in [2.05, 4.69) is 48.1 Å². The predicted octanol–water partition coefficient (Wildman–Crippen LogP) is 4.42. The maximum absolute atomic E-state index is 13.3. The van der Waals surface area contributed by atoms with Crippen molar-refractivity contribution in [3.63, 3.8) is 0 Å². The van der Waals surface area contributed by atoms with Gasteiger partial charge in [-0.2, -0.15) is 0 Å². The molecule has 2 rings (SSSR count). The van der Waals surface area contributed by atoms with E-state index in [0.717, 1.165) is 37.7 Å². The van der Waals surface area contributed by atoms with Crippen LogP contribution >= 0.6 is 0 Å². The molecule has 0 radical (unpaired) electrons. The summed E-state index contributed by atoms with van der Waals surface area (Å²) in [6.07, 6.45) is 4.38. The van der Waals surface area contributed by atoms with Crippen molar-refractivity contribution in [2.24, 2.45) is 23.2 Å². The molecule has 1 N–H and O–H groups in total. The quantitative estimate of drug-likeness (QED) is 0.567. The minimum absolute atomic E-state index is 0.0362. The normalized spacial score (nSPS) is 35.4. The van der Waals surface area contributed by atoms with Crippen LogP contribution < -0.4 is 0 Å². The van der Waals surface area contributed by atoms with Crippen molar-refractivity contribution in [2.75, 3.05) is 14.1 Å². The highest BCUT2D eigenvalue weighted by Crippen LogP contribution is 2.55. The molecule has 0 amide bonds. The number of carbonyl (C=O) groups is 1. The molecule has 0 aliphatic heterocycles. The summed E-state index contributed by atoms with van der Waals surface area (Å²) in [5.41, 5.74) is -0.742. The monoisotopic (exact) mass is 379 g/mol. The summed E-state index contributed by atoms with van der Waals surface area (Å²) < 4.78 is 6.35. The molecule has 0 aromatic rings. The lowest BCUT2D eigenvalue weighted by Gasteiger charge is -2.55. The van der Waals surface area contributed by atoms with Crippen LogP contribution in [-0.4, -0.2) is 47.3 Å². The fourth-order valence-corrected chi connectivity index (χ4v) is 5.63. The molecule has 5 atom stereocenters. The number of esters is 1. The second kappa shape index (κ2) is 7.51. The molecule has 2 aliphatic rings. The largest absolute Gasteiger partial charge is 0.457 e. The minimum Gasteiger partial charge on any atom is -0.457 e. The van der Waals surface area contributed by atoms with Gasteiger partial charge in [-0.05, 0) is 69.0 Å². The van der Waals surface area contributed by atoms with Crippen LogP contribution in [0.5, 0.6) is 0 Å². The summed E-state index contributed by atoms with van der Waals surface area (Å²) in [5, 5.41) is 11.4. The SMILES string of the molecule is C=C1C2CC(CCC2(CC)OC(=O)C(N(C)C)C(C)(C)C)CC1(O)C(C)C. The van der Waals surface area contributed by atoms with Crippen LogP contribution in [0, 0.1) is 23.2 Å². The molecule has 0 saturated heterocycles. The van der Waals surface area contributed by atoms with E-state index in [1.54, 1.807) is 0 Å². The first-order valence-electron chi connectivity index (χ1n) is 10.6. The van der Waals surface area contributed by atoms with Gasteiger partial charge in [-0.1, -0.05) is 48.1 Å². The predicted molar refractivity (Wildman–Crippen MR) is 110 cm³/mol. The van der Waals surface area contributed by atoms with Crippen LogP contribution in [0.4, 0.5) is 0 Å². The molecule has 156 valence electrons. The van der Waals surface area contributed by atoms with Crippen molar-refractivity contribution in [2.45, 2.75) is 90.9 Å². The summed E-state index contributed by atoms with van der Waals surface area (Å²) >= 11 is 0. The van der Waals surface area contributed by atoms with Crippen LogP contribution in [0.25, 0.3) is 0 Å². The van der Waals surface area contributed by atoms with E-state index in [1.807, 2.05) is 19.0 Å². The van der Waals surface area contributed by atoms with Gasteiger partial charge in [0.1, 0.15) is 11.6 Å². The lowest BCUT2D eigenvalue weighted by molar-refractivity contribution is -0.187. The highest BCUT2D eigenvalue weighted by molar-refractivity contribution is 5.77. The number of hydrogen-bond acceptors (Lipinski definition) is 4. The molecule has 5 unspecified atom stereocenters. The van der Waals surface area contributed by atoms with E-state index in [-0.39, 0.29) is 29.3 Å². The maximum atomic E-state index is 13.3. The highest BCUT2D eigenvalue weighted by Gasteiger charge is 2.56. The first-order chi connectivity index (χ1) is 12.3. The zero-order valence-corrected chi connectivity index (χ0v) is 18.8. The van der Waals surface area contributed by atoms with Gasteiger partial charge >= 0.3 is 5.97 Å². The minimum atomic E-state index is -0.855. The van der Waals surface area contributed by atoms with Crippen LogP contribution in [0.15, 0.2) is 12.2 Å². The number of hydrogen-bond donors (Lipinski definition) is 1. The lowest BCUT2D eigenvalue weighted by atomic mass is 9.55. The van der Waals surface area contributed by atoms with Crippen LogP contribution in [0.3, 0.4) is 0 Å². The number of likely N-dealkylation sites (N-methyl/N-ethyl adjacent to an activating group) is 1. The zero-order valence-electron chi connectivity index (χ0n) is 18.8. The first-order valence-corrected chi connectivity index (χ1v) is 10.6. The third-order valence-electron chi connectivity index (χ3n) is 7.17. The number of ether oxygens (including phenoxy) is 1. The van der Waals surface area contributed by atoms with E-state index in [4.69, 9.17) is 4.74 Å². The molecular weight excluding hydrogens is 338 g/mol. The Morgan fingerprint density at radius 1 is 1.37 bits per heavy atom. The Morgan fingerprint density at radius 2 is 1.96 bits per heavy atom. The van der Waals surface area contributed by atoms with E-state index < -0.39 is 11.2 Å². The summed E-state index contributed by atoms with van der Waals surface area (Å²) in [7, 11) is 3.87. The molecular formula is C23H41NO3. The molecule has 2 aliphatic carbocycles. The van der Waals surface area contributed by atoms with Crippen molar-refractivity contribution in [1.29, 1.82) is 0 Å². The molecule has 0 heterocycles. The Morgan fingerprint density at radius 3 is 2.41 bits per heavy atom. The van der Waals surface area contributed by atoms with Gasteiger partial charge in [0.05, 0.1) is 5.60 Å². The van der Waals surface area contributed by atoms with E-state index >= 15 is 0 Å². The Hall–Kier alpha value is -0.870.